The van der Waals surface area contributed by atoms with Crippen LogP contribution in [-0.4, -0.2) is 34.7 Å². The highest BCUT2D eigenvalue weighted by molar-refractivity contribution is 5.85. The van der Waals surface area contributed by atoms with Gasteiger partial charge in [0.05, 0.1) is 12.1 Å². The summed E-state index contributed by atoms with van der Waals surface area (Å²) in [4.78, 5) is 9.79. The molecule has 0 amide bonds. The quantitative estimate of drug-likeness (QED) is 0.309. The smallest absolute Gasteiger partial charge is 0.127 e. The van der Waals surface area contributed by atoms with Crippen LogP contribution in [0.5, 0.6) is 11.5 Å². The summed E-state index contributed by atoms with van der Waals surface area (Å²) in [7, 11) is 0. The molecule has 0 heterocycles. The first-order valence-electron chi connectivity index (χ1n) is 14.7. The fourth-order valence-electron chi connectivity index (χ4n) is 5.47. The number of phenols is 2. The van der Waals surface area contributed by atoms with E-state index in [9.17, 15) is 10.2 Å². The van der Waals surface area contributed by atoms with Crippen molar-refractivity contribution in [3.63, 3.8) is 0 Å². The van der Waals surface area contributed by atoms with Crippen LogP contribution in [0.15, 0.2) is 34.3 Å². The summed E-state index contributed by atoms with van der Waals surface area (Å²) in [5, 5.41) is 21.8. The minimum Gasteiger partial charge on any atom is -0.507 e. The third-order valence-electron chi connectivity index (χ3n) is 7.50. The fraction of sp³-hybridized carbons (Fsp3) is 0.588. The van der Waals surface area contributed by atoms with Crippen LogP contribution in [0.25, 0.3) is 0 Å². The predicted octanol–water partition coefficient (Wildman–Crippen LogP) is 8.59. The first-order valence-corrected chi connectivity index (χ1v) is 14.7. The van der Waals surface area contributed by atoms with Gasteiger partial charge in [0.2, 0.25) is 0 Å². The van der Waals surface area contributed by atoms with Gasteiger partial charge in [0, 0.05) is 23.6 Å². The van der Waals surface area contributed by atoms with Crippen LogP contribution in [0, 0.1) is 11.8 Å². The number of rotatable bonds is 10. The van der Waals surface area contributed by atoms with Gasteiger partial charge in [-0.25, -0.2) is 0 Å². The molecule has 1 aliphatic rings. The van der Waals surface area contributed by atoms with E-state index in [1.54, 1.807) is 0 Å². The maximum Gasteiger partial charge on any atom is 0.127 e. The maximum absolute atomic E-state index is 10.9. The number of phenolic OH excluding ortho intramolecular Hbond substituents is 2. The van der Waals surface area contributed by atoms with Crippen LogP contribution in [0.1, 0.15) is 126 Å². The number of aliphatic imine (C=N–C) groups is 2. The Balaban J connectivity index is 1.68. The Kier molecular flexibility index (Phi) is 10.6. The first-order chi connectivity index (χ1) is 17.9. The molecule has 0 spiro atoms. The molecule has 2 N–H and O–H groups in total. The molecular weight excluding hydrogens is 468 g/mol. The van der Waals surface area contributed by atoms with Crippen LogP contribution in [0.4, 0.5) is 0 Å². The molecule has 0 unspecified atom stereocenters. The van der Waals surface area contributed by atoms with E-state index in [1.165, 1.54) is 11.1 Å². The number of nitrogens with zero attached hydrogens (tertiary/aromatic N) is 2. The number of aromatic hydroxyl groups is 2. The van der Waals surface area contributed by atoms with Crippen LogP contribution < -0.4 is 0 Å². The summed E-state index contributed by atoms with van der Waals surface area (Å²) < 4.78 is 0. The minimum absolute atomic E-state index is 0.257. The highest BCUT2D eigenvalue weighted by atomic mass is 16.3. The molecule has 2 aromatic carbocycles. The molecule has 208 valence electrons. The van der Waals surface area contributed by atoms with Gasteiger partial charge in [-0.2, -0.15) is 0 Å². The second-order valence-electron chi connectivity index (χ2n) is 12.8. The normalized spacial score (nSPS) is 18.7. The summed E-state index contributed by atoms with van der Waals surface area (Å²) in [6.07, 6.45) is 9.72. The average Bonchev–Trinajstić information content (AvgIpc) is 2.83. The topological polar surface area (TPSA) is 65.2 Å². The predicted molar refractivity (Wildman–Crippen MR) is 163 cm³/mol. The zero-order valence-corrected chi connectivity index (χ0v) is 25.0. The molecule has 1 fully saturated rings. The van der Waals surface area contributed by atoms with Gasteiger partial charge >= 0.3 is 0 Å². The van der Waals surface area contributed by atoms with Crippen molar-refractivity contribution >= 4 is 12.4 Å². The Morgan fingerprint density at radius 2 is 0.974 bits per heavy atom. The molecule has 3 rings (SSSR count). The lowest BCUT2D eigenvalue weighted by Crippen LogP contribution is -2.20. The van der Waals surface area contributed by atoms with Gasteiger partial charge < -0.3 is 10.2 Å². The lowest BCUT2D eigenvalue weighted by molar-refractivity contribution is 0.399. The summed E-state index contributed by atoms with van der Waals surface area (Å²) in [6.45, 7) is 17.4. The lowest BCUT2D eigenvalue weighted by Gasteiger charge is -2.23. The van der Waals surface area contributed by atoms with Gasteiger partial charge in [0.1, 0.15) is 11.5 Å². The van der Waals surface area contributed by atoms with Gasteiger partial charge in [0.15, 0.2) is 0 Å². The number of hydrogen-bond donors (Lipinski definition) is 2. The number of benzene rings is 2. The summed E-state index contributed by atoms with van der Waals surface area (Å²) in [5.74, 6) is 2.41. The highest BCUT2D eigenvalue weighted by Crippen LogP contribution is 2.33. The van der Waals surface area contributed by atoms with Gasteiger partial charge in [-0.05, 0) is 96.6 Å². The van der Waals surface area contributed by atoms with E-state index in [-0.39, 0.29) is 23.9 Å². The van der Waals surface area contributed by atoms with E-state index in [4.69, 9.17) is 9.98 Å². The van der Waals surface area contributed by atoms with Crippen LogP contribution in [0.2, 0.25) is 0 Å². The molecular formula is C34H50N2O2. The van der Waals surface area contributed by atoms with E-state index in [2.05, 4.69) is 79.7 Å². The molecule has 1 saturated carbocycles. The lowest BCUT2D eigenvalue weighted by atomic mass is 9.91. The van der Waals surface area contributed by atoms with Crippen molar-refractivity contribution in [3.05, 3.63) is 57.6 Å². The molecule has 38 heavy (non-hydrogen) atoms. The van der Waals surface area contributed by atoms with Crippen molar-refractivity contribution in [2.75, 3.05) is 0 Å². The molecule has 0 aromatic heterocycles. The minimum atomic E-state index is 0.257. The second-order valence-corrected chi connectivity index (χ2v) is 12.8. The molecule has 0 radical (unpaired) electrons. The van der Waals surface area contributed by atoms with Gasteiger partial charge in [-0.3, -0.25) is 9.98 Å². The van der Waals surface area contributed by atoms with Crippen LogP contribution in [-0.2, 0) is 12.8 Å². The standard InChI is InChI=1S/C34H50N2O2/c1-21(2)13-25-15-27(33(37)31(17-25)23(5)6)19-35-29-9-11-30(12-10-29)36-20-28-16-26(14-22(3)4)18-32(24(7)8)34(28)38/h15-24,29-30,37-38H,9-14H2,1-8H3. The third kappa shape index (κ3) is 8.19. The van der Waals surface area contributed by atoms with Gasteiger partial charge in [-0.1, -0.05) is 67.5 Å². The Hall–Kier alpha value is -2.62. The largest absolute Gasteiger partial charge is 0.507 e. The Bertz CT molecular complexity index is 1030. The molecule has 0 aliphatic heterocycles. The average molecular weight is 519 g/mol. The second kappa shape index (κ2) is 13.4. The monoisotopic (exact) mass is 518 g/mol. The Morgan fingerprint density at radius 3 is 1.26 bits per heavy atom. The van der Waals surface area contributed by atoms with E-state index in [0.717, 1.165) is 60.8 Å². The molecule has 0 saturated heterocycles. The molecule has 4 heteroatoms. The third-order valence-corrected chi connectivity index (χ3v) is 7.50. The molecule has 1 aliphatic carbocycles. The van der Waals surface area contributed by atoms with Crippen molar-refractivity contribution in [2.45, 2.75) is 118 Å². The van der Waals surface area contributed by atoms with Crippen molar-refractivity contribution in [2.24, 2.45) is 21.8 Å². The van der Waals surface area contributed by atoms with Crippen LogP contribution >= 0.6 is 0 Å². The summed E-state index contributed by atoms with van der Waals surface area (Å²) in [6, 6.07) is 9.03. The maximum atomic E-state index is 10.9. The molecule has 0 atom stereocenters. The summed E-state index contributed by atoms with van der Waals surface area (Å²) in [5.41, 5.74) is 6.21. The highest BCUT2D eigenvalue weighted by Gasteiger charge is 2.21. The molecule has 0 bridgehead atoms. The van der Waals surface area contributed by atoms with Crippen molar-refractivity contribution < 1.29 is 10.2 Å². The zero-order chi connectivity index (χ0) is 28.0. The zero-order valence-electron chi connectivity index (χ0n) is 25.0. The van der Waals surface area contributed by atoms with E-state index in [0.29, 0.717) is 23.3 Å². The van der Waals surface area contributed by atoms with Gasteiger partial charge in [0.25, 0.3) is 0 Å². The molecule has 2 aromatic rings. The van der Waals surface area contributed by atoms with E-state index >= 15 is 0 Å². The van der Waals surface area contributed by atoms with Crippen molar-refractivity contribution in [3.8, 4) is 11.5 Å². The van der Waals surface area contributed by atoms with Gasteiger partial charge in [-0.15, -0.1) is 0 Å². The number of hydrogen-bond acceptors (Lipinski definition) is 4. The van der Waals surface area contributed by atoms with Crippen molar-refractivity contribution in [1.82, 2.24) is 0 Å². The Labute approximate surface area is 231 Å². The van der Waals surface area contributed by atoms with Crippen LogP contribution in [0.3, 0.4) is 0 Å². The molecule has 4 nitrogen and oxygen atoms in total. The SMILES string of the molecule is CC(C)Cc1cc(C=NC2CCC(N=Cc3cc(CC(C)C)cc(C(C)C)c3O)CC2)c(O)c(C(C)C)c1. The first kappa shape index (κ1) is 29.9. The summed E-state index contributed by atoms with van der Waals surface area (Å²) >= 11 is 0. The fourth-order valence-corrected chi connectivity index (χ4v) is 5.47. The van der Waals surface area contributed by atoms with Crippen molar-refractivity contribution in [1.29, 1.82) is 0 Å². The van der Waals surface area contributed by atoms with E-state index < -0.39 is 0 Å². The van der Waals surface area contributed by atoms with E-state index in [1.807, 2.05) is 12.4 Å². The Morgan fingerprint density at radius 1 is 0.632 bits per heavy atom.